The van der Waals surface area contributed by atoms with Gasteiger partial charge in [0.05, 0.1) is 29.4 Å². The van der Waals surface area contributed by atoms with Crippen molar-refractivity contribution in [2.75, 3.05) is 7.11 Å². The number of amides is 1. The smallest absolute Gasteiger partial charge is 0.396 e. The minimum absolute atomic E-state index is 0.0268. The van der Waals surface area contributed by atoms with Crippen LogP contribution in [0, 0.1) is 0 Å². The number of carbonyl (C=O) groups excluding carboxylic acids is 1. The predicted octanol–water partition coefficient (Wildman–Crippen LogP) is 2.77. The first-order chi connectivity index (χ1) is 12.4. The summed E-state index contributed by atoms with van der Waals surface area (Å²) in [7, 11) is 1.52. The molecular formula is C17H13Cl2N3O4. The third-order valence-corrected chi connectivity index (χ3v) is 4.55. The Hall–Kier alpha value is -2.64. The number of aliphatic carboxylic acids is 1. The van der Waals surface area contributed by atoms with Crippen molar-refractivity contribution in [3.63, 3.8) is 0 Å². The van der Waals surface area contributed by atoms with Gasteiger partial charge in [0, 0.05) is 24.4 Å². The zero-order valence-electron chi connectivity index (χ0n) is 13.6. The number of carboxylic acid groups (broad SMARTS) is 1. The van der Waals surface area contributed by atoms with Crippen LogP contribution in [0.15, 0.2) is 35.7 Å². The molecule has 0 unspecified atom stereocenters. The Morgan fingerprint density at radius 2 is 1.96 bits per heavy atom. The van der Waals surface area contributed by atoms with E-state index in [9.17, 15) is 9.59 Å². The monoisotopic (exact) mass is 393 g/mol. The second kappa shape index (κ2) is 7.31. The topological polar surface area (TPSA) is 92.1 Å². The van der Waals surface area contributed by atoms with Crippen molar-refractivity contribution in [2.24, 2.45) is 5.10 Å². The number of rotatable bonds is 3. The average molecular weight is 394 g/mol. The van der Waals surface area contributed by atoms with Crippen molar-refractivity contribution in [3.05, 3.63) is 57.3 Å². The van der Waals surface area contributed by atoms with E-state index in [1.165, 1.54) is 19.5 Å². The Kier molecular flexibility index (Phi) is 5.11. The first kappa shape index (κ1) is 18.2. The van der Waals surface area contributed by atoms with Gasteiger partial charge in [0.25, 0.3) is 0 Å². The number of benzene rings is 1. The molecule has 134 valence electrons. The summed E-state index contributed by atoms with van der Waals surface area (Å²) in [4.78, 5) is 26.9. The number of carboxylic acids is 1. The van der Waals surface area contributed by atoms with Gasteiger partial charge >= 0.3 is 11.9 Å². The molecule has 2 aromatic rings. The molecule has 0 bridgehead atoms. The van der Waals surface area contributed by atoms with Crippen molar-refractivity contribution in [3.8, 4) is 5.75 Å². The molecule has 1 amide bonds. The van der Waals surface area contributed by atoms with Crippen LogP contribution in [0.4, 0.5) is 0 Å². The van der Waals surface area contributed by atoms with Gasteiger partial charge in [-0.1, -0.05) is 23.2 Å². The normalized spacial score (nSPS) is 13.0. The molecule has 1 N–H and O–H groups in total. The lowest BCUT2D eigenvalue weighted by atomic mass is 9.96. The van der Waals surface area contributed by atoms with E-state index in [1.807, 2.05) is 0 Å². The standard InChI is InChI=1S/C17H13Cl2N3O4/c1-26-10-2-3-11-9(4-10)8-22(16(23)17(24)25)21-15(11)5-12-13(18)6-20-7-14(12)19/h2-4,6-7H,5,8H2,1H3,(H,24,25). The molecule has 0 radical (unpaired) electrons. The van der Waals surface area contributed by atoms with Crippen LogP contribution in [-0.2, 0) is 22.6 Å². The highest BCUT2D eigenvalue weighted by Crippen LogP contribution is 2.29. The maximum absolute atomic E-state index is 11.9. The molecule has 0 fully saturated rings. The van der Waals surface area contributed by atoms with E-state index in [2.05, 4.69) is 10.1 Å². The molecule has 1 aliphatic rings. The van der Waals surface area contributed by atoms with Crippen molar-refractivity contribution in [2.45, 2.75) is 13.0 Å². The van der Waals surface area contributed by atoms with Crippen LogP contribution in [0.1, 0.15) is 16.7 Å². The zero-order chi connectivity index (χ0) is 18.8. The van der Waals surface area contributed by atoms with E-state index < -0.39 is 11.9 Å². The number of hydrazone groups is 1. The highest BCUT2D eigenvalue weighted by molar-refractivity contribution is 6.36. The Morgan fingerprint density at radius 3 is 2.58 bits per heavy atom. The minimum atomic E-state index is -1.58. The Balaban J connectivity index is 2.07. The average Bonchev–Trinajstić information content (AvgIpc) is 2.63. The summed E-state index contributed by atoms with van der Waals surface area (Å²) in [6, 6.07) is 5.30. The van der Waals surface area contributed by atoms with Crippen molar-refractivity contribution in [1.82, 2.24) is 9.99 Å². The number of ether oxygens (including phenoxy) is 1. The molecule has 3 rings (SSSR count). The molecule has 0 spiro atoms. The summed E-state index contributed by atoms with van der Waals surface area (Å²) in [5, 5.41) is 14.9. The van der Waals surface area contributed by atoms with Crippen LogP contribution < -0.4 is 4.74 Å². The number of hydrogen-bond donors (Lipinski definition) is 1. The molecule has 9 heteroatoms. The fraction of sp³-hybridized carbons (Fsp3) is 0.176. The first-order valence-corrected chi connectivity index (χ1v) is 8.23. The first-order valence-electron chi connectivity index (χ1n) is 7.48. The van der Waals surface area contributed by atoms with Crippen molar-refractivity contribution < 1.29 is 19.4 Å². The van der Waals surface area contributed by atoms with Gasteiger partial charge in [-0.15, -0.1) is 0 Å². The van der Waals surface area contributed by atoms with Crippen LogP contribution in [-0.4, -0.2) is 39.8 Å². The van der Waals surface area contributed by atoms with Gasteiger partial charge in [0.15, 0.2) is 0 Å². The van der Waals surface area contributed by atoms with Crippen LogP contribution in [0.25, 0.3) is 0 Å². The van der Waals surface area contributed by atoms with Crippen LogP contribution >= 0.6 is 23.2 Å². The van der Waals surface area contributed by atoms with E-state index in [0.29, 0.717) is 32.6 Å². The summed E-state index contributed by atoms with van der Waals surface area (Å²) in [6.45, 7) is 0.0268. The maximum Gasteiger partial charge on any atom is 0.396 e. The van der Waals surface area contributed by atoms with Crippen molar-refractivity contribution >= 4 is 40.8 Å². The van der Waals surface area contributed by atoms with E-state index >= 15 is 0 Å². The number of pyridine rings is 1. The lowest BCUT2D eigenvalue weighted by Crippen LogP contribution is -2.36. The van der Waals surface area contributed by atoms with E-state index in [4.69, 9.17) is 33.0 Å². The summed E-state index contributed by atoms with van der Waals surface area (Å²) in [5.41, 5.74) is 2.54. The van der Waals surface area contributed by atoms with Crippen LogP contribution in [0.2, 0.25) is 10.0 Å². The second-order valence-electron chi connectivity index (χ2n) is 5.50. The van der Waals surface area contributed by atoms with Gasteiger partial charge in [-0.3, -0.25) is 9.78 Å². The highest BCUT2D eigenvalue weighted by Gasteiger charge is 2.28. The van der Waals surface area contributed by atoms with Gasteiger partial charge < -0.3 is 9.84 Å². The number of hydrogen-bond acceptors (Lipinski definition) is 5. The third kappa shape index (κ3) is 3.49. The van der Waals surface area contributed by atoms with Crippen LogP contribution in [0.3, 0.4) is 0 Å². The second-order valence-corrected chi connectivity index (χ2v) is 6.31. The molecule has 1 aromatic carbocycles. The van der Waals surface area contributed by atoms with Gasteiger partial charge in [-0.05, 0) is 29.3 Å². The third-order valence-electron chi connectivity index (χ3n) is 3.90. The van der Waals surface area contributed by atoms with E-state index in [1.54, 1.807) is 18.2 Å². The molecule has 0 aliphatic carbocycles. The lowest BCUT2D eigenvalue weighted by Gasteiger charge is -2.25. The Labute approximate surface area is 158 Å². The summed E-state index contributed by atoms with van der Waals surface area (Å²) < 4.78 is 5.21. The number of halogens is 2. The molecule has 0 saturated carbocycles. The number of nitrogens with zero attached hydrogens (tertiary/aromatic N) is 3. The Bertz CT molecular complexity index is 910. The number of carbonyl (C=O) groups is 2. The number of aromatic nitrogens is 1. The quantitative estimate of drug-likeness (QED) is 0.809. The molecule has 1 aliphatic heterocycles. The molecule has 2 heterocycles. The fourth-order valence-corrected chi connectivity index (χ4v) is 3.14. The number of fused-ring (bicyclic) bond motifs is 1. The molecule has 0 saturated heterocycles. The maximum atomic E-state index is 11.9. The fourth-order valence-electron chi connectivity index (χ4n) is 2.64. The molecule has 7 nitrogen and oxygen atoms in total. The van der Waals surface area contributed by atoms with Gasteiger partial charge in [0.2, 0.25) is 0 Å². The van der Waals surface area contributed by atoms with Gasteiger partial charge in [-0.25, -0.2) is 9.80 Å². The predicted molar refractivity (Wildman–Crippen MR) is 95.7 cm³/mol. The lowest BCUT2D eigenvalue weighted by molar-refractivity contribution is -0.156. The van der Waals surface area contributed by atoms with Crippen LogP contribution in [0.5, 0.6) is 5.75 Å². The SMILES string of the molecule is COc1ccc2c(c1)CN(C(=O)C(=O)O)N=C2Cc1c(Cl)cncc1Cl. The van der Waals surface area contributed by atoms with E-state index in [-0.39, 0.29) is 13.0 Å². The summed E-state index contributed by atoms with van der Waals surface area (Å²) in [5.74, 6) is -2.12. The minimum Gasteiger partial charge on any atom is -0.497 e. The molecule has 0 atom stereocenters. The molecule has 26 heavy (non-hydrogen) atoms. The number of methoxy groups -OCH3 is 1. The summed E-state index contributed by atoms with van der Waals surface area (Å²) in [6.07, 6.45) is 3.13. The zero-order valence-corrected chi connectivity index (χ0v) is 15.1. The van der Waals surface area contributed by atoms with E-state index in [0.717, 1.165) is 10.6 Å². The Morgan fingerprint density at radius 1 is 1.27 bits per heavy atom. The summed E-state index contributed by atoms with van der Waals surface area (Å²) >= 11 is 12.4. The molecule has 1 aromatic heterocycles. The van der Waals surface area contributed by atoms with Gasteiger partial charge in [-0.2, -0.15) is 5.10 Å². The highest BCUT2D eigenvalue weighted by atomic mass is 35.5. The van der Waals surface area contributed by atoms with Crippen molar-refractivity contribution in [1.29, 1.82) is 0 Å². The largest absolute Gasteiger partial charge is 0.497 e. The molecular weight excluding hydrogens is 381 g/mol. The van der Waals surface area contributed by atoms with Gasteiger partial charge in [0.1, 0.15) is 5.75 Å².